The molecule has 2 heterocycles. The van der Waals surface area contributed by atoms with Crippen molar-refractivity contribution in [3.63, 3.8) is 0 Å². The van der Waals surface area contributed by atoms with Gasteiger partial charge >= 0.3 is 0 Å². The Kier molecular flexibility index (Phi) is 4.91. The van der Waals surface area contributed by atoms with E-state index in [2.05, 4.69) is 5.32 Å². The molecule has 3 aromatic rings. The van der Waals surface area contributed by atoms with Gasteiger partial charge in [0.15, 0.2) is 0 Å². The highest BCUT2D eigenvalue weighted by atomic mass is 35.5. The summed E-state index contributed by atoms with van der Waals surface area (Å²) in [5.41, 5.74) is 3.53. The van der Waals surface area contributed by atoms with Crippen molar-refractivity contribution in [1.29, 1.82) is 0 Å². The van der Waals surface area contributed by atoms with E-state index in [0.717, 1.165) is 22.4 Å². The lowest BCUT2D eigenvalue weighted by atomic mass is 9.89. The Balaban J connectivity index is 1.57. The van der Waals surface area contributed by atoms with Crippen LogP contribution in [0.5, 0.6) is 17.2 Å². The summed E-state index contributed by atoms with van der Waals surface area (Å²) >= 11 is 6.16. The van der Waals surface area contributed by atoms with E-state index in [-0.39, 0.29) is 11.9 Å². The van der Waals surface area contributed by atoms with Crippen LogP contribution in [0.1, 0.15) is 29.2 Å². The maximum Gasteiger partial charge on any atom is 0.240 e. The molecule has 2 atom stereocenters. The zero-order valence-corrected chi connectivity index (χ0v) is 17.8. The van der Waals surface area contributed by atoms with Crippen LogP contribution in [0.25, 0.3) is 0 Å². The minimum atomic E-state index is -1.03. The summed E-state index contributed by atoms with van der Waals surface area (Å²) in [4.78, 5) is 0. The first-order chi connectivity index (χ1) is 15.0. The van der Waals surface area contributed by atoms with Gasteiger partial charge in [-0.1, -0.05) is 23.7 Å². The highest BCUT2D eigenvalue weighted by molar-refractivity contribution is 6.30. The van der Waals surface area contributed by atoms with Crippen molar-refractivity contribution >= 4 is 17.3 Å². The second kappa shape index (κ2) is 7.62. The van der Waals surface area contributed by atoms with Gasteiger partial charge < -0.3 is 24.3 Å². The molecule has 0 radical (unpaired) electrons. The van der Waals surface area contributed by atoms with Gasteiger partial charge in [-0.05, 0) is 23.8 Å². The van der Waals surface area contributed by atoms with Gasteiger partial charge in [0, 0.05) is 52.5 Å². The Bertz CT molecular complexity index is 1130. The summed E-state index contributed by atoms with van der Waals surface area (Å²) in [6, 6.07) is 15.6. The summed E-state index contributed by atoms with van der Waals surface area (Å²) in [6.45, 7) is 0.375. The van der Waals surface area contributed by atoms with E-state index < -0.39 is 5.79 Å². The van der Waals surface area contributed by atoms with Gasteiger partial charge in [0.05, 0.1) is 26.9 Å². The first-order valence-corrected chi connectivity index (χ1v) is 10.3. The number of hydrogen-bond donors (Lipinski definition) is 1. The third-order valence-electron chi connectivity index (χ3n) is 5.73. The fraction of sp³-hybridized carbons (Fsp3) is 0.250. The molecule has 2 aliphatic rings. The van der Waals surface area contributed by atoms with Crippen LogP contribution in [0, 0.1) is 5.82 Å². The Morgan fingerprint density at radius 1 is 1.03 bits per heavy atom. The molecule has 2 aliphatic heterocycles. The standard InChI is InChI=1S/C24H21ClFNO4/c1-28-18-9-17(10-19(11-18)29-2)27-22-12-24(31-23-8-16(26)4-5-20(22)23)21-6-3-15(25)7-14(21)13-30-24/h3-11,22,27H,12-13H2,1-2H3/t22-,24+/m1/s1. The Hall–Kier alpha value is -2.96. The van der Waals surface area contributed by atoms with Gasteiger partial charge in [0.2, 0.25) is 5.79 Å². The van der Waals surface area contributed by atoms with Crippen LogP contribution in [-0.4, -0.2) is 14.2 Å². The summed E-state index contributed by atoms with van der Waals surface area (Å²) < 4.78 is 37.3. The molecule has 0 unspecified atom stereocenters. The molecule has 0 bridgehead atoms. The molecule has 5 nitrogen and oxygen atoms in total. The lowest BCUT2D eigenvalue weighted by Crippen LogP contribution is -2.40. The second-order valence-electron chi connectivity index (χ2n) is 7.63. The van der Waals surface area contributed by atoms with Crippen molar-refractivity contribution in [2.45, 2.75) is 24.9 Å². The zero-order chi connectivity index (χ0) is 21.6. The van der Waals surface area contributed by atoms with Crippen molar-refractivity contribution in [3.8, 4) is 17.2 Å². The molecule has 0 saturated heterocycles. The summed E-state index contributed by atoms with van der Waals surface area (Å²) in [5.74, 6) is 0.384. The molecular weight excluding hydrogens is 421 g/mol. The van der Waals surface area contributed by atoms with Crippen molar-refractivity contribution in [2.24, 2.45) is 0 Å². The maximum atomic E-state index is 14.1. The minimum Gasteiger partial charge on any atom is -0.497 e. The van der Waals surface area contributed by atoms with Gasteiger partial charge in [-0.3, -0.25) is 0 Å². The molecule has 1 N–H and O–H groups in total. The fourth-order valence-corrected chi connectivity index (χ4v) is 4.48. The topological polar surface area (TPSA) is 49.0 Å². The predicted molar refractivity (Wildman–Crippen MR) is 115 cm³/mol. The van der Waals surface area contributed by atoms with Crippen LogP contribution in [0.4, 0.5) is 10.1 Å². The third-order valence-corrected chi connectivity index (χ3v) is 5.96. The number of nitrogens with one attached hydrogen (secondary N) is 1. The summed E-state index contributed by atoms with van der Waals surface area (Å²) in [6.07, 6.45) is 0.486. The first-order valence-electron chi connectivity index (χ1n) is 9.90. The number of hydrogen-bond acceptors (Lipinski definition) is 5. The summed E-state index contributed by atoms with van der Waals surface area (Å²) in [7, 11) is 3.21. The highest BCUT2D eigenvalue weighted by Crippen LogP contribution is 2.51. The SMILES string of the molecule is COc1cc(N[C@@H]2C[C@]3(OCc4cc(Cl)ccc43)Oc3cc(F)ccc32)cc(OC)c1. The summed E-state index contributed by atoms with van der Waals surface area (Å²) in [5, 5.41) is 4.17. The molecule has 0 aliphatic carbocycles. The Morgan fingerprint density at radius 3 is 2.55 bits per heavy atom. The minimum absolute atomic E-state index is 0.206. The normalized spacial score (nSPS) is 21.2. The smallest absolute Gasteiger partial charge is 0.240 e. The number of fused-ring (bicyclic) bond motifs is 3. The fourth-order valence-electron chi connectivity index (χ4n) is 4.28. The molecule has 3 aromatic carbocycles. The largest absolute Gasteiger partial charge is 0.497 e. The number of rotatable bonds is 4. The van der Waals surface area contributed by atoms with Crippen LogP contribution in [0.15, 0.2) is 54.6 Å². The van der Waals surface area contributed by atoms with E-state index in [4.69, 9.17) is 30.5 Å². The lowest BCUT2D eigenvalue weighted by Gasteiger charge is -2.40. The van der Waals surface area contributed by atoms with E-state index >= 15 is 0 Å². The Labute approximate surface area is 184 Å². The van der Waals surface area contributed by atoms with Gasteiger partial charge in [0.25, 0.3) is 0 Å². The molecule has 0 amide bonds. The van der Waals surface area contributed by atoms with Crippen LogP contribution < -0.4 is 19.5 Å². The van der Waals surface area contributed by atoms with Crippen molar-refractivity contribution in [3.05, 3.63) is 82.1 Å². The average molecular weight is 442 g/mol. The van der Waals surface area contributed by atoms with Crippen LogP contribution in [0.3, 0.4) is 0 Å². The van der Waals surface area contributed by atoms with Crippen molar-refractivity contribution < 1.29 is 23.3 Å². The van der Waals surface area contributed by atoms with Crippen LogP contribution in [-0.2, 0) is 17.1 Å². The van der Waals surface area contributed by atoms with Crippen LogP contribution in [0.2, 0.25) is 5.02 Å². The van der Waals surface area contributed by atoms with Gasteiger partial charge in [-0.15, -0.1) is 0 Å². The number of anilines is 1. The highest BCUT2D eigenvalue weighted by Gasteiger charge is 2.48. The molecule has 0 fully saturated rings. The van der Waals surface area contributed by atoms with Gasteiger partial charge in [-0.25, -0.2) is 4.39 Å². The van der Waals surface area contributed by atoms with Crippen molar-refractivity contribution in [2.75, 3.05) is 19.5 Å². The molecule has 5 rings (SSSR count). The number of methoxy groups -OCH3 is 2. The van der Waals surface area contributed by atoms with E-state index in [9.17, 15) is 4.39 Å². The van der Waals surface area contributed by atoms with E-state index in [0.29, 0.717) is 35.3 Å². The van der Waals surface area contributed by atoms with Crippen molar-refractivity contribution in [1.82, 2.24) is 0 Å². The third kappa shape index (κ3) is 3.56. The quantitative estimate of drug-likeness (QED) is 0.553. The van der Waals surface area contributed by atoms with E-state index in [1.807, 2.05) is 30.3 Å². The first kappa shape index (κ1) is 20.0. The number of ether oxygens (including phenoxy) is 4. The zero-order valence-electron chi connectivity index (χ0n) is 17.1. The molecule has 7 heteroatoms. The number of halogens is 2. The number of benzene rings is 3. The monoisotopic (exact) mass is 441 g/mol. The van der Waals surface area contributed by atoms with E-state index in [1.165, 1.54) is 12.1 Å². The molecule has 160 valence electrons. The molecule has 0 aromatic heterocycles. The molecule has 0 saturated carbocycles. The van der Waals surface area contributed by atoms with E-state index in [1.54, 1.807) is 26.4 Å². The Morgan fingerprint density at radius 2 is 1.81 bits per heavy atom. The molecular formula is C24H21ClFNO4. The maximum absolute atomic E-state index is 14.1. The second-order valence-corrected chi connectivity index (χ2v) is 8.07. The molecule has 31 heavy (non-hydrogen) atoms. The van der Waals surface area contributed by atoms with Gasteiger partial charge in [0.1, 0.15) is 23.1 Å². The molecule has 1 spiro atoms. The van der Waals surface area contributed by atoms with Crippen LogP contribution >= 0.6 is 11.6 Å². The predicted octanol–water partition coefficient (Wildman–Crippen LogP) is 5.82. The average Bonchev–Trinajstić information content (AvgIpc) is 3.09. The lowest BCUT2D eigenvalue weighted by molar-refractivity contribution is -0.196. The van der Waals surface area contributed by atoms with Gasteiger partial charge in [-0.2, -0.15) is 0 Å².